The first-order chi connectivity index (χ1) is 7.84. The van der Waals surface area contributed by atoms with Gasteiger partial charge in [-0.25, -0.2) is 0 Å². The Balaban J connectivity index is 2.14. The van der Waals surface area contributed by atoms with Crippen LogP contribution in [0, 0.1) is 23.2 Å². The number of hydrogen-bond donors (Lipinski definition) is 1. The average Bonchev–Trinajstić information content (AvgIpc) is 2.13. The Kier molecular flexibility index (Phi) is 3.60. The van der Waals surface area contributed by atoms with Crippen LogP contribution in [0.2, 0.25) is 0 Å². The minimum Gasteiger partial charge on any atom is -0.325 e. The number of fused-ring (bicyclic) bond motifs is 2. The highest BCUT2D eigenvalue weighted by Gasteiger charge is 2.46. The monoisotopic (exact) mass is 237 g/mol. The zero-order chi connectivity index (χ0) is 12.7. The van der Waals surface area contributed by atoms with Crippen molar-refractivity contribution < 1.29 is 0 Å². The second-order valence-corrected chi connectivity index (χ2v) is 7.84. The van der Waals surface area contributed by atoms with E-state index in [1.54, 1.807) is 0 Å². The molecule has 3 atom stereocenters. The van der Waals surface area contributed by atoms with Crippen molar-refractivity contribution in [3.05, 3.63) is 0 Å². The summed E-state index contributed by atoms with van der Waals surface area (Å²) in [6, 6.07) is 0. The van der Waals surface area contributed by atoms with Crippen molar-refractivity contribution in [3.63, 3.8) is 0 Å². The predicted molar refractivity (Wildman–Crippen MR) is 74.8 cm³/mol. The van der Waals surface area contributed by atoms with E-state index in [1.165, 1.54) is 38.5 Å². The molecule has 1 nitrogen and oxygen atoms in total. The van der Waals surface area contributed by atoms with E-state index in [1.807, 2.05) is 0 Å². The molecule has 2 saturated carbocycles. The first-order valence-electron chi connectivity index (χ1n) is 7.63. The molecule has 17 heavy (non-hydrogen) atoms. The molecule has 2 fully saturated rings. The average molecular weight is 237 g/mol. The maximum atomic E-state index is 6.47. The third-order valence-electron chi connectivity index (χ3n) is 5.34. The third-order valence-corrected chi connectivity index (χ3v) is 5.34. The van der Waals surface area contributed by atoms with Crippen LogP contribution in [-0.4, -0.2) is 5.54 Å². The van der Waals surface area contributed by atoms with Crippen molar-refractivity contribution in [1.82, 2.24) is 0 Å². The van der Waals surface area contributed by atoms with Crippen LogP contribution in [0.1, 0.15) is 72.6 Å². The van der Waals surface area contributed by atoms with Gasteiger partial charge in [-0.05, 0) is 75.0 Å². The molecule has 2 aliphatic carbocycles. The zero-order valence-electron chi connectivity index (χ0n) is 12.3. The van der Waals surface area contributed by atoms with Gasteiger partial charge in [0.1, 0.15) is 0 Å². The Hall–Kier alpha value is -0.0400. The maximum Gasteiger partial charge on any atom is 0.0128 e. The molecule has 0 aromatic carbocycles. The summed E-state index contributed by atoms with van der Waals surface area (Å²) in [6.07, 6.45) is 9.64. The Bertz CT molecular complexity index is 249. The largest absolute Gasteiger partial charge is 0.325 e. The summed E-state index contributed by atoms with van der Waals surface area (Å²) in [7, 11) is 0. The number of rotatable bonds is 3. The minimum atomic E-state index is 0.0542. The Morgan fingerprint density at radius 1 is 1.12 bits per heavy atom. The van der Waals surface area contributed by atoms with Crippen molar-refractivity contribution in [1.29, 1.82) is 0 Å². The molecule has 1 heteroatoms. The molecular formula is C16H31N. The highest BCUT2D eigenvalue weighted by Crippen LogP contribution is 2.55. The van der Waals surface area contributed by atoms with Crippen molar-refractivity contribution in [2.45, 2.75) is 78.2 Å². The first kappa shape index (κ1) is 13.4. The van der Waals surface area contributed by atoms with Crippen LogP contribution >= 0.6 is 0 Å². The normalized spacial score (nSPS) is 45.4. The zero-order valence-corrected chi connectivity index (χ0v) is 12.3. The van der Waals surface area contributed by atoms with Crippen molar-refractivity contribution in [2.24, 2.45) is 28.9 Å². The summed E-state index contributed by atoms with van der Waals surface area (Å²) in [4.78, 5) is 0. The van der Waals surface area contributed by atoms with E-state index < -0.39 is 0 Å². The van der Waals surface area contributed by atoms with Gasteiger partial charge in [0, 0.05) is 5.54 Å². The molecule has 100 valence electrons. The van der Waals surface area contributed by atoms with Crippen LogP contribution in [-0.2, 0) is 0 Å². The van der Waals surface area contributed by atoms with Crippen molar-refractivity contribution >= 4 is 0 Å². The SMILES string of the molecule is CCC(C)(N)CC12CC(C)CC(CC(C)C1)C2. The van der Waals surface area contributed by atoms with Gasteiger partial charge in [0.05, 0.1) is 0 Å². The molecule has 0 radical (unpaired) electrons. The van der Waals surface area contributed by atoms with E-state index in [9.17, 15) is 0 Å². The molecule has 0 heterocycles. The van der Waals surface area contributed by atoms with Gasteiger partial charge in [0.2, 0.25) is 0 Å². The third kappa shape index (κ3) is 3.05. The van der Waals surface area contributed by atoms with E-state index in [2.05, 4.69) is 27.7 Å². The lowest BCUT2D eigenvalue weighted by molar-refractivity contribution is -0.00396. The second kappa shape index (κ2) is 4.57. The summed E-state index contributed by atoms with van der Waals surface area (Å²) in [5, 5.41) is 0. The molecular weight excluding hydrogens is 206 g/mol. The van der Waals surface area contributed by atoms with Crippen LogP contribution in [0.25, 0.3) is 0 Å². The highest BCUT2D eigenvalue weighted by atomic mass is 14.7. The lowest BCUT2D eigenvalue weighted by Crippen LogP contribution is -2.47. The lowest BCUT2D eigenvalue weighted by Gasteiger charge is -2.52. The summed E-state index contributed by atoms with van der Waals surface area (Å²) >= 11 is 0. The standard InChI is InChI=1S/C16H31N/c1-5-15(4,17)11-16-8-12(2)6-14(10-16)7-13(3)9-16/h12-14H,5-11,17H2,1-4H3. The van der Waals surface area contributed by atoms with E-state index in [4.69, 9.17) is 5.73 Å². The first-order valence-corrected chi connectivity index (χ1v) is 7.63. The fourth-order valence-electron chi connectivity index (χ4n) is 5.11. The molecule has 0 spiro atoms. The lowest BCUT2D eigenvalue weighted by atomic mass is 9.54. The summed E-state index contributed by atoms with van der Waals surface area (Å²) in [5.74, 6) is 2.85. The van der Waals surface area contributed by atoms with Gasteiger partial charge in [0.15, 0.2) is 0 Å². The Morgan fingerprint density at radius 2 is 1.65 bits per heavy atom. The smallest absolute Gasteiger partial charge is 0.0128 e. The molecule has 2 aliphatic rings. The second-order valence-electron chi connectivity index (χ2n) is 7.84. The molecule has 0 amide bonds. The van der Waals surface area contributed by atoms with Gasteiger partial charge in [-0.3, -0.25) is 0 Å². The summed E-state index contributed by atoms with van der Waals surface area (Å²) in [6.45, 7) is 9.41. The Labute approximate surface area is 108 Å². The molecule has 2 N–H and O–H groups in total. The van der Waals surface area contributed by atoms with Crippen molar-refractivity contribution in [2.75, 3.05) is 0 Å². The molecule has 2 bridgehead atoms. The number of nitrogens with two attached hydrogens (primary N) is 1. The summed E-state index contributed by atoms with van der Waals surface area (Å²) < 4.78 is 0. The quantitative estimate of drug-likeness (QED) is 0.775. The highest BCUT2D eigenvalue weighted by molar-refractivity contribution is 4.98. The predicted octanol–water partition coefficient (Wildman–Crippen LogP) is 4.36. The van der Waals surface area contributed by atoms with Gasteiger partial charge in [0.25, 0.3) is 0 Å². The molecule has 2 rings (SSSR count). The topological polar surface area (TPSA) is 26.0 Å². The fourth-order valence-corrected chi connectivity index (χ4v) is 5.11. The van der Waals surface area contributed by atoms with E-state index in [0.717, 1.165) is 24.2 Å². The van der Waals surface area contributed by atoms with Crippen LogP contribution in [0.5, 0.6) is 0 Å². The van der Waals surface area contributed by atoms with Crippen LogP contribution in [0.15, 0.2) is 0 Å². The van der Waals surface area contributed by atoms with E-state index in [0.29, 0.717) is 5.41 Å². The van der Waals surface area contributed by atoms with Crippen LogP contribution in [0.3, 0.4) is 0 Å². The molecule has 3 unspecified atom stereocenters. The van der Waals surface area contributed by atoms with Gasteiger partial charge in [-0.2, -0.15) is 0 Å². The summed E-state index contributed by atoms with van der Waals surface area (Å²) in [5.41, 5.74) is 7.11. The van der Waals surface area contributed by atoms with Gasteiger partial charge < -0.3 is 5.73 Å². The molecule has 0 aromatic rings. The van der Waals surface area contributed by atoms with E-state index >= 15 is 0 Å². The van der Waals surface area contributed by atoms with Gasteiger partial charge in [-0.15, -0.1) is 0 Å². The Morgan fingerprint density at radius 3 is 2.12 bits per heavy atom. The van der Waals surface area contributed by atoms with Gasteiger partial charge in [-0.1, -0.05) is 20.8 Å². The van der Waals surface area contributed by atoms with Gasteiger partial charge >= 0.3 is 0 Å². The minimum absolute atomic E-state index is 0.0542. The maximum absolute atomic E-state index is 6.47. The van der Waals surface area contributed by atoms with Crippen LogP contribution in [0.4, 0.5) is 0 Å². The van der Waals surface area contributed by atoms with Crippen molar-refractivity contribution in [3.8, 4) is 0 Å². The van der Waals surface area contributed by atoms with E-state index in [-0.39, 0.29) is 5.54 Å². The van der Waals surface area contributed by atoms with Crippen LogP contribution < -0.4 is 5.73 Å². The molecule has 0 saturated heterocycles. The molecule has 0 aliphatic heterocycles. The molecule has 0 aromatic heterocycles. The fraction of sp³-hybridized carbons (Fsp3) is 1.00. The number of hydrogen-bond acceptors (Lipinski definition) is 1.